The lowest BCUT2D eigenvalue weighted by atomic mass is 10.1. The lowest BCUT2D eigenvalue weighted by molar-refractivity contribution is -0.122. The maximum Gasteiger partial charge on any atom is 0.271 e. The molecule has 1 atom stereocenters. The van der Waals surface area contributed by atoms with Gasteiger partial charge in [-0.05, 0) is 31.0 Å². The lowest BCUT2D eigenvalue weighted by Crippen LogP contribution is -2.42. The van der Waals surface area contributed by atoms with Crippen LogP contribution in [-0.2, 0) is 21.1 Å². The van der Waals surface area contributed by atoms with E-state index in [1.807, 2.05) is 6.92 Å². The van der Waals surface area contributed by atoms with Crippen molar-refractivity contribution in [3.05, 3.63) is 35.7 Å². The van der Waals surface area contributed by atoms with Crippen LogP contribution in [0.25, 0.3) is 0 Å². The molecule has 160 valence electrons. The molecule has 1 saturated heterocycles. The van der Waals surface area contributed by atoms with Crippen molar-refractivity contribution in [2.45, 2.75) is 37.1 Å². The van der Waals surface area contributed by atoms with Crippen molar-refractivity contribution in [3.63, 3.8) is 0 Å². The van der Waals surface area contributed by atoms with Crippen LogP contribution in [0, 0.1) is 0 Å². The molecule has 1 aromatic heterocycles. The van der Waals surface area contributed by atoms with E-state index in [4.69, 9.17) is 5.73 Å². The van der Waals surface area contributed by atoms with E-state index in [9.17, 15) is 18.0 Å². The monoisotopic (exact) mass is 432 g/mol. The van der Waals surface area contributed by atoms with Gasteiger partial charge >= 0.3 is 0 Å². The SMILES string of the molecule is CCc1nc(C(N)=O)c(Nc2cccc(S(C)(=O)=O)c2)nc1N[C@@H]1CCC(=O)NC1. The van der Waals surface area contributed by atoms with Crippen molar-refractivity contribution in [2.24, 2.45) is 5.73 Å². The minimum Gasteiger partial charge on any atom is -0.364 e. The van der Waals surface area contributed by atoms with Crippen molar-refractivity contribution >= 4 is 39.0 Å². The first-order valence-electron chi connectivity index (χ1n) is 9.48. The molecule has 1 aromatic carbocycles. The third kappa shape index (κ3) is 5.03. The van der Waals surface area contributed by atoms with E-state index in [2.05, 4.69) is 25.9 Å². The zero-order chi connectivity index (χ0) is 21.9. The number of piperidine rings is 1. The summed E-state index contributed by atoms with van der Waals surface area (Å²) in [5.41, 5.74) is 6.44. The Morgan fingerprint density at radius 3 is 2.67 bits per heavy atom. The number of nitrogens with one attached hydrogen (secondary N) is 3. The van der Waals surface area contributed by atoms with Crippen LogP contribution < -0.4 is 21.7 Å². The maximum atomic E-state index is 12.0. The minimum atomic E-state index is -3.40. The summed E-state index contributed by atoms with van der Waals surface area (Å²) in [7, 11) is -3.40. The van der Waals surface area contributed by atoms with Crippen LogP contribution in [-0.4, -0.2) is 49.0 Å². The Balaban J connectivity index is 1.96. The number of carbonyl (C=O) groups is 2. The molecule has 2 heterocycles. The van der Waals surface area contributed by atoms with E-state index in [1.54, 1.807) is 12.1 Å². The number of primary amides is 1. The molecule has 0 unspecified atom stereocenters. The third-order valence-electron chi connectivity index (χ3n) is 4.67. The van der Waals surface area contributed by atoms with Gasteiger partial charge in [-0.1, -0.05) is 13.0 Å². The first-order chi connectivity index (χ1) is 14.2. The number of nitrogens with two attached hydrogens (primary N) is 1. The molecule has 1 aliphatic heterocycles. The van der Waals surface area contributed by atoms with Gasteiger partial charge in [0.2, 0.25) is 5.91 Å². The molecule has 0 aliphatic carbocycles. The Morgan fingerprint density at radius 1 is 1.30 bits per heavy atom. The van der Waals surface area contributed by atoms with Gasteiger partial charge in [-0.15, -0.1) is 0 Å². The summed E-state index contributed by atoms with van der Waals surface area (Å²) in [6, 6.07) is 6.13. The fourth-order valence-electron chi connectivity index (χ4n) is 3.08. The highest BCUT2D eigenvalue weighted by atomic mass is 32.2. The molecule has 2 aromatic rings. The fraction of sp³-hybridized carbons (Fsp3) is 0.368. The van der Waals surface area contributed by atoms with E-state index in [0.717, 1.165) is 6.26 Å². The van der Waals surface area contributed by atoms with E-state index in [1.165, 1.54) is 12.1 Å². The predicted molar refractivity (Wildman–Crippen MR) is 112 cm³/mol. The van der Waals surface area contributed by atoms with Gasteiger partial charge in [-0.3, -0.25) is 9.59 Å². The largest absolute Gasteiger partial charge is 0.364 e. The Bertz CT molecular complexity index is 1080. The van der Waals surface area contributed by atoms with E-state index < -0.39 is 15.7 Å². The number of amides is 2. The maximum absolute atomic E-state index is 12.0. The first-order valence-corrected chi connectivity index (χ1v) is 11.4. The molecule has 5 N–H and O–H groups in total. The summed E-state index contributed by atoms with van der Waals surface area (Å²) in [5, 5.41) is 9.02. The molecule has 0 bridgehead atoms. The molecule has 30 heavy (non-hydrogen) atoms. The smallest absolute Gasteiger partial charge is 0.271 e. The van der Waals surface area contributed by atoms with Gasteiger partial charge in [0.1, 0.15) is 0 Å². The van der Waals surface area contributed by atoms with Gasteiger partial charge in [0, 0.05) is 31.0 Å². The number of benzene rings is 1. The molecule has 2 amide bonds. The standard InChI is InChI=1S/C19H24N6O4S/c1-3-14-18(23-12-7-8-15(26)21-10-12)25-19(16(24-14)17(20)27)22-11-5-4-6-13(9-11)30(2,28)29/h4-6,9,12H,3,7-8,10H2,1-2H3,(H2,20,27)(H,21,26)(H2,22,23,25)/t12-/m1/s1. The van der Waals surface area contributed by atoms with Crippen molar-refractivity contribution in [2.75, 3.05) is 23.4 Å². The highest BCUT2D eigenvalue weighted by Crippen LogP contribution is 2.25. The molecular weight excluding hydrogens is 408 g/mol. The average molecular weight is 433 g/mol. The second-order valence-corrected chi connectivity index (χ2v) is 9.06. The predicted octanol–water partition coefficient (Wildman–Crippen LogP) is 0.976. The number of rotatable bonds is 7. The normalized spacial score (nSPS) is 16.6. The molecule has 0 radical (unpaired) electrons. The second kappa shape index (κ2) is 8.66. The summed E-state index contributed by atoms with van der Waals surface area (Å²) in [4.78, 5) is 32.4. The zero-order valence-corrected chi connectivity index (χ0v) is 17.5. The summed E-state index contributed by atoms with van der Waals surface area (Å²) in [5.74, 6) is -0.152. The highest BCUT2D eigenvalue weighted by molar-refractivity contribution is 7.90. The topological polar surface area (TPSA) is 156 Å². The lowest BCUT2D eigenvalue weighted by Gasteiger charge is -2.25. The third-order valence-corrected chi connectivity index (χ3v) is 5.78. The molecule has 1 aliphatic rings. The fourth-order valence-corrected chi connectivity index (χ4v) is 3.75. The number of carbonyl (C=O) groups excluding carboxylic acids is 2. The number of hydrogen-bond acceptors (Lipinski definition) is 8. The molecule has 0 spiro atoms. The summed E-state index contributed by atoms with van der Waals surface area (Å²) in [6.07, 6.45) is 2.68. The van der Waals surface area contributed by atoms with Gasteiger partial charge in [-0.2, -0.15) is 0 Å². The van der Waals surface area contributed by atoms with Gasteiger partial charge in [0.15, 0.2) is 27.2 Å². The molecule has 0 saturated carbocycles. The minimum absolute atomic E-state index is 0.00652. The summed E-state index contributed by atoms with van der Waals surface area (Å²) < 4.78 is 23.7. The number of aromatic nitrogens is 2. The quantitative estimate of drug-likeness (QED) is 0.504. The van der Waals surface area contributed by atoms with E-state index >= 15 is 0 Å². The number of hydrogen-bond donors (Lipinski definition) is 4. The van der Waals surface area contributed by atoms with Crippen molar-refractivity contribution in [1.82, 2.24) is 15.3 Å². The number of anilines is 3. The number of nitrogens with zero attached hydrogens (tertiary/aromatic N) is 2. The van der Waals surface area contributed by atoms with Gasteiger partial charge < -0.3 is 21.7 Å². The Kier molecular flexibility index (Phi) is 6.20. The molecule has 10 nitrogen and oxygen atoms in total. The number of sulfone groups is 1. The van der Waals surface area contributed by atoms with Crippen LogP contribution in [0.5, 0.6) is 0 Å². The highest BCUT2D eigenvalue weighted by Gasteiger charge is 2.22. The average Bonchev–Trinajstić information content (AvgIpc) is 2.69. The Hall–Kier alpha value is -3.21. The van der Waals surface area contributed by atoms with Gasteiger partial charge in [-0.25, -0.2) is 18.4 Å². The van der Waals surface area contributed by atoms with Crippen molar-refractivity contribution < 1.29 is 18.0 Å². The van der Waals surface area contributed by atoms with Gasteiger partial charge in [0.05, 0.1) is 10.6 Å². The van der Waals surface area contributed by atoms with Crippen LogP contribution in [0.15, 0.2) is 29.2 Å². The van der Waals surface area contributed by atoms with Crippen LogP contribution in [0.4, 0.5) is 17.3 Å². The van der Waals surface area contributed by atoms with Crippen molar-refractivity contribution in [3.8, 4) is 0 Å². The van der Waals surface area contributed by atoms with Gasteiger partial charge in [0.25, 0.3) is 5.91 Å². The van der Waals surface area contributed by atoms with E-state index in [0.29, 0.717) is 43.0 Å². The van der Waals surface area contributed by atoms with Crippen LogP contribution >= 0.6 is 0 Å². The van der Waals surface area contributed by atoms with Crippen LogP contribution in [0.3, 0.4) is 0 Å². The molecular formula is C19H24N6O4S. The van der Waals surface area contributed by atoms with Crippen molar-refractivity contribution in [1.29, 1.82) is 0 Å². The molecule has 3 rings (SSSR count). The number of aryl methyl sites for hydroxylation is 1. The van der Waals surface area contributed by atoms with Crippen LogP contribution in [0.1, 0.15) is 35.9 Å². The zero-order valence-electron chi connectivity index (χ0n) is 16.7. The first kappa shape index (κ1) is 21.5. The molecule has 1 fully saturated rings. The van der Waals surface area contributed by atoms with E-state index in [-0.39, 0.29) is 28.4 Å². The summed E-state index contributed by atoms with van der Waals surface area (Å²) in [6.45, 7) is 2.34. The Labute approximate surface area is 174 Å². The second-order valence-electron chi connectivity index (χ2n) is 7.04. The molecule has 11 heteroatoms. The Morgan fingerprint density at radius 2 is 2.07 bits per heavy atom. The summed E-state index contributed by atoms with van der Waals surface area (Å²) >= 11 is 0. The van der Waals surface area contributed by atoms with Crippen LogP contribution in [0.2, 0.25) is 0 Å².